The number of rotatable bonds is 4. The highest BCUT2D eigenvalue weighted by molar-refractivity contribution is 5.74. The minimum atomic E-state index is -0.517. The van der Waals surface area contributed by atoms with Gasteiger partial charge in [-0.1, -0.05) is 24.5 Å². The standard InChI is InChI=1S/C18H26N6O2/c19-13-18(6-7-18)24-12-15(21-22-24)16(14-4-2-1-3-5-14)20-17(25)23-8-10-26-11-9-23/h12,14,16H,1-11H2,(H,20,25)/t16-/m0/s1. The van der Waals surface area contributed by atoms with Crippen LogP contribution in [-0.2, 0) is 10.3 Å². The number of urea groups is 1. The van der Waals surface area contributed by atoms with E-state index in [9.17, 15) is 10.1 Å². The van der Waals surface area contributed by atoms with E-state index in [-0.39, 0.29) is 12.1 Å². The van der Waals surface area contributed by atoms with Gasteiger partial charge in [-0.3, -0.25) is 0 Å². The second-order valence-electron chi connectivity index (χ2n) is 7.66. The third kappa shape index (κ3) is 3.40. The lowest BCUT2D eigenvalue weighted by Gasteiger charge is -2.33. The molecule has 2 aliphatic carbocycles. The maximum absolute atomic E-state index is 12.7. The van der Waals surface area contributed by atoms with E-state index in [2.05, 4.69) is 21.7 Å². The van der Waals surface area contributed by atoms with Crippen LogP contribution in [0.25, 0.3) is 0 Å². The van der Waals surface area contributed by atoms with Gasteiger partial charge in [0.1, 0.15) is 5.69 Å². The van der Waals surface area contributed by atoms with Gasteiger partial charge in [-0.05, 0) is 31.6 Å². The van der Waals surface area contributed by atoms with Crippen molar-refractivity contribution in [3.8, 4) is 6.07 Å². The summed E-state index contributed by atoms with van der Waals surface area (Å²) < 4.78 is 7.03. The summed E-state index contributed by atoms with van der Waals surface area (Å²) in [6, 6.07) is 2.14. The molecule has 2 saturated carbocycles. The SMILES string of the molecule is N#CC1(n2cc([C@@H](NC(=O)N3CCOCC3)C3CCCCC3)nn2)CC1. The van der Waals surface area contributed by atoms with Crippen molar-refractivity contribution in [2.75, 3.05) is 26.3 Å². The van der Waals surface area contributed by atoms with Crippen molar-refractivity contribution in [3.63, 3.8) is 0 Å². The second-order valence-corrected chi connectivity index (χ2v) is 7.66. The molecule has 4 rings (SSSR count). The zero-order valence-electron chi connectivity index (χ0n) is 15.1. The van der Waals surface area contributed by atoms with Crippen LogP contribution in [0.5, 0.6) is 0 Å². The van der Waals surface area contributed by atoms with Gasteiger partial charge < -0.3 is 15.0 Å². The molecular weight excluding hydrogens is 332 g/mol. The normalized spacial score (nSPS) is 23.9. The van der Waals surface area contributed by atoms with E-state index in [0.717, 1.165) is 31.4 Å². The van der Waals surface area contributed by atoms with Gasteiger partial charge in [-0.25, -0.2) is 9.48 Å². The highest BCUT2D eigenvalue weighted by atomic mass is 16.5. The van der Waals surface area contributed by atoms with E-state index >= 15 is 0 Å². The third-order valence-corrected chi connectivity index (χ3v) is 5.90. The molecule has 0 radical (unpaired) electrons. The smallest absolute Gasteiger partial charge is 0.318 e. The van der Waals surface area contributed by atoms with E-state index in [1.165, 1.54) is 19.3 Å². The molecule has 0 aromatic carbocycles. The fraction of sp³-hybridized carbons (Fsp3) is 0.778. The Hall–Kier alpha value is -2.14. The summed E-state index contributed by atoms with van der Waals surface area (Å²) in [5, 5.41) is 21.2. The van der Waals surface area contributed by atoms with Gasteiger partial charge >= 0.3 is 6.03 Å². The van der Waals surface area contributed by atoms with Crippen molar-refractivity contribution in [2.24, 2.45) is 5.92 Å². The Morgan fingerprint density at radius 2 is 2.04 bits per heavy atom. The molecular formula is C18H26N6O2. The molecule has 0 bridgehead atoms. The Morgan fingerprint density at radius 3 is 2.69 bits per heavy atom. The first-order valence-corrected chi connectivity index (χ1v) is 9.69. The van der Waals surface area contributed by atoms with Gasteiger partial charge in [0.2, 0.25) is 0 Å². The van der Waals surface area contributed by atoms with E-state index in [4.69, 9.17) is 4.74 Å². The van der Waals surface area contributed by atoms with Crippen molar-refractivity contribution in [1.82, 2.24) is 25.2 Å². The first-order valence-electron chi connectivity index (χ1n) is 9.69. The van der Waals surface area contributed by atoms with E-state index < -0.39 is 5.54 Å². The minimum Gasteiger partial charge on any atom is -0.378 e. The number of hydrogen-bond acceptors (Lipinski definition) is 5. The van der Waals surface area contributed by atoms with Crippen molar-refractivity contribution in [3.05, 3.63) is 11.9 Å². The lowest BCUT2D eigenvalue weighted by molar-refractivity contribution is 0.0515. The van der Waals surface area contributed by atoms with Gasteiger partial charge in [0.25, 0.3) is 0 Å². The third-order valence-electron chi connectivity index (χ3n) is 5.90. The number of hydrogen-bond donors (Lipinski definition) is 1. The summed E-state index contributed by atoms with van der Waals surface area (Å²) in [5.41, 5.74) is 0.261. The van der Waals surface area contributed by atoms with Crippen LogP contribution in [0, 0.1) is 17.2 Å². The molecule has 2 amide bonds. The molecule has 1 aromatic heterocycles. The van der Waals surface area contributed by atoms with Gasteiger partial charge in [0.05, 0.1) is 31.5 Å². The van der Waals surface area contributed by atoms with E-state index in [0.29, 0.717) is 32.2 Å². The number of aromatic nitrogens is 3. The lowest BCUT2D eigenvalue weighted by atomic mass is 9.83. The van der Waals surface area contributed by atoms with Gasteiger partial charge in [-0.15, -0.1) is 5.10 Å². The quantitative estimate of drug-likeness (QED) is 0.887. The van der Waals surface area contributed by atoms with Crippen LogP contribution >= 0.6 is 0 Å². The van der Waals surface area contributed by atoms with Crippen LogP contribution in [0.2, 0.25) is 0 Å². The predicted molar refractivity (Wildman–Crippen MR) is 93.1 cm³/mol. The number of nitriles is 1. The van der Waals surface area contributed by atoms with Crippen molar-refractivity contribution in [1.29, 1.82) is 5.26 Å². The van der Waals surface area contributed by atoms with E-state index in [1.54, 1.807) is 9.58 Å². The molecule has 3 aliphatic rings. The zero-order valence-corrected chi connectivity index (χ0v) is 15.1. The fourth-order valence-corrected chi connectivity index (χ4v) is 4.03. The summed E-state index contributed by atoms with van der Waals surface area (Å²) >= 11 is 0. The molecule has 26 heavy (non-hydrogen) atoms. The first kappa shape index (κ1) is 17.3. The average Bonchev–Trinajstić information content (AvgIpc) is 3.36. The molecule has 2 heterocycles. The van der Waals surface area contributed by atoms with Crippen LogP contribution in [0.3, 0.4) is 0 Å². The monoisotopic (exact) mass is 358 g/mol. The summed E-state index contributed by atoms with van der Waals surface area (Å²) in [6.45, 7) is 2.41. The van der Waals surface area contributed by atoms with Gasteiger partial charge in [0.15, 0.2) is 5.54 Å². The number of nitrogens with zero attached hydrogens (tertiary/aromatic N) is 5. The average molecular weight is 358 g/mol. The summed E-state index contributed by atoms with van der Waals surface area (Å²) in [6.07, 6.45) is 9.31. The highest BCUT2D eigenvalue weighted by Gasteiger charge is 2.47. The number of amides is 2. The largest absolute Gasteiger partial charge is 0.378 e. The molecule has 1 aliphatic heterocycles. The van der Waals surface area contributed by atoms with Crippen LogP contribution in [-0.4, -0.2) is 52.2 Å². The maximum Gasteiger partial charge on any atom is 0.318 e. The second kappa shape index (κ2) is 7.23. The summed E-state index contributed by atoms with van der Waals surface area (Å²) in [4.78, 5) is 14.6. The maximum atomic E-state index is 12.7. The molecule has 1 aromatic rings. The Labute approximate surface area is 153 Å². The highest BCUT2D eigenvalue weighted by Crippen LogP contribution is 2.42. The van der Waals surface area contributed by atoms with Crippen LogP contribution in [0.15, 0.2) is 6.20 Å². The molecule has 1 N–H and O–H groups in total. The Bertz CT molecular complexity index is 680. The minimum absolute atomic E-state index is 0.0557. The number of carbonyl (C=O) groups is 1. The molecule has 140 valence electrons. The Kier molecular flexibility index (Phi) is 4.81. The first-order chi connectivity index (χ1) is 12.7. The van der Waals surface area contributed by atoms with Gasteiger partial charge in [0, 0.05) is 13.1 Å². The molecule has 1 saturated heterocycles. The van der Waals surface area contributed by atoms with Crippen LogP contribution in [0.4, 0.5) is 4.79 Å². The lowest BCUT2D eigenvalue weighted by Crippen LogP contribution is -2.48. The molecule has 0 unspecified atom stereocenters. The number of morpholine rings is 1. The molecule has 8 nitrogen and oxygen atoms in total. The molecule has 3 fully saturated rings. The Balaban J connectivity index is 1.53. The van der Waals surface area contributed by atoms with E-state index in [1.807, 2.05) is 6.20 Å². The predicted octanol–water partition coefficient (Wildman–Crippen LogP) is 1.95. The summed E-state index contributed by atoms with van der Waals surface area (Å²) in [5.74, 6) is 0.371. The van der Waals surface area contributed by atoms with Crippen molar-refractivity contribution >= 4 is 6.03 Å². The topological polar surface area (TPSA) is 96.1 Å². The zero-order chi connectivity index (χ0) is 18.0. The van der Waals surface area contributed by atoms with Crippen molar-refractivity contribution < 1.29 is 9.53 Å². The molecule has 8 heteroatoms. The Morgan fingerprint density at radius 1 is 1.31 bits per heavy atom. The number of carbonyl (C=O) groups excluding carboxylic acids is 1. The number of ether oxygens (including phenoxy) is 1. The number of nitrogens with one attached hydrogen (secondary N) is 1. The van der Waals surface area contributed by atoms with Crippen LogP contribution in [0.1, 0.15) is 56.7 Å². The fourth-order valence-electron chi connectivity index (χ4n) is 4.03. The summed E-state index contributed by atoms with van der Waals surface area (Å²) in [7, 11) is 0. The molecule has 0 spiro atoms. The van der Waals surface area contributed by atoms with Crippen LogP contribution < -0.4 is 5.32 Å². The van der Waals surface area contributed by atoms with Gasteiger partial charge in [-0.2, -0.15) is 5.26 Å². The van der Waals surface area contributed by atoms with Crippen molar-refractivity contribution in [2.45, 2.75) is 56.5 Å². The molecule has 1 atom stereocenters.